The van der Waals surface area contributed by atoms with Gasteiger partial charge in [-0.2, -0.15) is 0 Å². The molecule has 0 unspecified atom stereocenters. The molecule has 0 N–H and O–H groups in total. The second-order valence-corrected chi connectivity index (χ2v) is 3.63. The van der Waals surface area contributed by atoms with Crippen LogP contribution in [-0.2, 0) is 17.1 Å². The molecule has 0 saturated carbocycles. The molecule has 0 aliphatic rings. The third kappa shape index (κ3) is 2.32. The van der Waals surface area contributed by atoms with E-state index in [4.69, 9.17) is 0 Å². The van der Waals surface area contributed by atoms with Crippen LogP contribution in [0.4, 0.5) is 0 Å². The normalized spacial score (nSPS) is 9.21. The number of rotatable bonds is 1. The smallest absolute Gasteiger partial charge is 0.0700 e. The van der Waals surface area contributed by atoms with Crippen molar-refractivity contribution in [2.45, 2.75) is 0 Å². The van der Waals surface area contributed by atoms with Crippen LogP contribution in [-0.4, -0.2) is 15.2 Å². The molecule has 0 saturated heterocycles. The molecule has 0 aliphatic carbocycles. The maximum atomic E-state index is 4.31. The van der Waals surface area contributed by atoms with Crippen LogP contribution in [0.3, 0.4) is 0 Å². The van der Waals surface area contributed by atoms with Gasteiger partial charge < -0.3 is 0 Å². The Balaban J connectivity index is 0.000000980. The second kappa shape index (κ2) is 5.10. The summed E-state index contributed by atoms with van der Waals surface area (Å²) in [5, 5.41) is 1.29. The summed E-state index contributed by atoms with van der Waals surface area (Å²) in [5.41, 5.74) is 2.27. The molecule has 0 spiro atoms. The van der Waals surface area contributed by atoms with Gasteiger partial charge in [0.05, 0.1) is 5.69 Å². The molecular formula is C11H10CuNSi. The van der Waals surface area contributed by atoms with Crippen molar-refractivity contribution < 1.29 is 17.1 Å². The Morgan fingerprint density at radius 3 is 2.29 bits per heavy atom. The minimum Gasteiger partial charge on any atom is -0.256 e. The van der Waals surface area contributed by atoms with E-state index in [1.54, 1.807) is 0 Å². The van der Waals surface area contributed by atoms with Crippen molar-refractivity contribution in [2.75, 3.05) is 0 Å². The zero-order valence-corrected chi connectivity index (χ0v) is 9.93. The largest absolute Gasteiger partial charge is 0.256 e. The summed E-state index contributed by atoms with van der Waals surface area (Å²) >= 11 is 0. The average molecular weight is 248 g/mol. The number of hydrogen-bond donors (Lipinski definition) is 0. The van der Waals surface area contributed by atoms with Crippen LogP contribution in [0, 0.1) is 0 Å². The first-order chi connectivity index (χ1) is 6.38. The van der Waals surface area contributed by atoms with Crippen LogP contribution in [0.1, 0.15) is 0 Å². The molecule has 1 aromatic carbocycles. The van der Waals surface area contributed by atoms with Gasteiger partial charge in [0.1, 0.15) is 0 Å². The molecular weight excluding hydrogens is 238 g/mol. The minimum atomic E-state index is 0. The average Bonchev–Trinajstić information content (AvgIpc) is 2.20. The number of pyridine rings is 1. The van der Waals surface area contributed by atoms with E-state index in [2.05, 4.69) is 23.2 Å². The van der Waals surface area contributed by atoms with E-state index in [9.17, 15) is 0 Å². The van der Waals surface area contributed by atoms with Gasteiger partial charge in [0.2, 0.25) is 0 Å². The molecule has 0 aliphatic heterocycles. The Kier molecular flexibility index (Phi) is 4.08. The van der Waals surface area contributed by atoms with Gasteiger partial charge >= 0.3 is 0 Å². The third-order valence-corrected chi connectivity index (χ3v) is 2.57. The van der Waals surface area contributed by atoms with Gasteiger partial charge in [-0.25, -0.2) is 0 Å². The van der Waals surface area contributed by atoms with E-state index in [-0.39, 0.29) is 17.1 Å². The van der Waals surface area contributed by atoms with Crippen molar-refractivity contribution in [1.29, 1.82) is 0 Å². The summed E-state index contributed by atoms with van der Waals surface area (Å²) in [4.78, 5) is 4.31. The summed E-state index contributed by atoms with van der Waals surface area (Å²) < 4.78 is 0. The fraction of sp³-hybridized carbons (Fsp3) is 0. The molecule has 0 amide bonds. The van der Waals surface area contributed by atoms with E-state index in [0.717, 1.165) is 5.69 Å². The molecule has 0 bridgehead atoms. The fourth-order valence-electron chi connectivity index (χ4n) is 1.29. The first kappa shape index (κ1) is 11.2. The first-order valence-corrected chi connectivity index (χ1v) is 4.91. The van der Waals surface area contributed by atoms with Crippen LogP contribution in [0.25, 0.3) is 11.3 Å². The zero-order chi connectivity index (χ0) is 9.10. The van der Waals surface area contributed by atoms with Gasteiger partial charge in [-0.05, 0) is 17.7 Å². The summed E-state index contributed by atoms with van der Waals surface area (Å²) in [5.74, 6) is 0. The predicted molar refractivity (Wildman–Crippen MR) is 57.9 cm³/mol. The summed E-state index contributed by atoms with van der Waals surface area (Å²) in [7, 11) is 1.90. The Morgan fingerprint density at radius 1 is 0.929 bits per heavy atom. The van der Waals surface area contributed by atoms with Gasteiger partial charge in [-0.1, -0.05) is 35.5 Å². The predicted octanol–water partition coefficient (Wildman–Crippen LogP) is 1.00. The quantitative estimate of drug-likeness (QED) is 0.686. The van der Waals surface area contributed by atoms with Gasteiger partial charge in [-0.3, -0.25) is 4.98 Å². The Morgan fingerprint density at radius 2 is 1.64 bits per heavy atom. The van der Waals surface area contributed by atoms with Gasteiger partial charge in [0, 0.05) is 33.5 Å². The van der Waals surface area contributed by atoms with Crippen molar-refractivity contribution >= 4 is 15.4 Å². The monoisotopic (exact) mass is 247 g/mol. The number of hydrogen-bond acceptors (Lipinski definition) is 1. The minimum absolute atomic E-state index is 0. The van der Waals surface area contributed by atoms with E-state index in [1.807, 2.05) is 40.7 Å². The molecule has 14 heavy (non-hydrogen) atoms. The molecule has 0 fully saturated rings. The van der Waals surface area contributed by atoms with Crippen molar-refractivity contribution in [3.63, 3.8) is 0 Å². The van der Waals surface area contributed by atoms with Crippen molar-refractivity contribution in [3.8, 4) is 11.3 Å². The van der Waals surface area contributed by atoms with Crippen LogP contribution in [0.2, 0.25) is 0 Å². The van der Waals surface area contributed by atoms with Gasteiger partial charge in [0.25, 0.3) is 0 Å². The van der Waals surface area contributed by atoms with Gasteiger partial charge in [0.15, 0.2) is 0 Å². The molecule has 3 heteroatoms. The standard InChI is InChI=1S/C11H10NSi.Cu/c13-11-7-2-1-5-9(11)10-6-3-4-8-12-10;/h1-8H,13H2;. The Hall–Kier alpha value is -0.894. The summed E-state index contributed by atoms with van der Waals surface area (Å²) in [6.45, 7) is 0. The topological polar surface area (TPSA) is 12.9 Å². The van der Waals surface area contributed by atoms with E-state index in [1.165, 1.54) is 10.8 Å². The second-order valence-electron chi connectivity index (χ2n) is 2.87. The SMILES string of the molecule is [Cu].[SiH2]c1ccccc1-c1ccccn1. The zero-order valence-electron chi connectivity index (χ0n) is 7.57. The number of aromatic nitrogens is 1. The van der Waals surface area contributed by atoms with Crippen molar-refractivity contribution in [3.05, 3.63) is 48.7 Å². The molecule has 1 heterocycles. The van der Waals surface area contributed by atoms with E-state index < -0.39 is 0 Å². The molecule has 1 nitrogen and oxygen atoms in total. The van der Waals surface area contributed by atoms with Crippen molar-refractivity contribution in [1.82, 2.24) is 4.98 Å². The third-order valence-electron chi connectivity index (χ3n) is 1.96. The maximum Gasteiger partial charge on any atom is 0.0700 e. The molecule has 74 valence electrons. The van der Waals surface area contributed by atoms with E-state index >= 15 is 0 Å². The molecule has 0 atom stereocenters. The molecule has 1 aromatic heterocycles. The maximum absolute atomic E-state index is 4.31. The van der Waals surface area contributed by atoms with Crippen LogP contribution in [0.5, 0.6) is 0 Å². The first-order valence-electron chi connectivity index (χ1n) is 4.20. The molecule has 2 aromatic rings. The number of benzene rings is 1. The summed E-state index contributed by atoms with van der Waals surface area (Å²) in [6, 6.07) is 14.3. The van der Waals surface area contributed by atoms with Crippen LogP contribution >= 0.6 is 0 Å². The molecule has 2 rings (SSSR count). The van der Waals surface area contributed by atoms with Crippen molar-refractivity contribution in [2.24, 2.45) is 0 Å². The Bertz CT molecular complexity index is 403. The van der Waals surface area contributed by atoms with Crippen LogP contribution < -0.4 is 5.19 Å². The van der Waals surface area contributed by atoms with Crippen LogP contribution in [0.15, 0.2) is 48.7 Å². The Labute approximate surface area is 97.5 Å². The fourth-order valence-corrected chi connectivity index (χ4v) is 1.73. The molecule has 2 radical (unpaired) electrons. The van der Waals surface area contributed by atoms with Gasteiger partial charge in [-0.15, -0.1) is 0 Å². The summed E-state index contributed by atoms with van der Waals surface area (Å²) in [6.07, 6.45) is 1.82. The number of nitrogens with zero attached hydrogens (tertiary/aromatic N) is 1. The van der Waals surface area contributed by atoms with E-state index in [0.29, 0.717) is 0 Å².